The number of nitrogens with zero attached hydrogens (tertiary/aromatic N) is 3. The Hall–Kier alpha value is -3.46. The van der Waals surface area contributed by atoms with Crippen molar-refractivity contribution in [1.82, 2.24) is 9.55 Å². The van der Waals surface area contributed by atoms with Crippen LogP contribution in [0.2, 0.25) is 0 Å². The number of fused-ring (bicyclic) bond motifs is 3. The van der Waals surface area contributed by atoms with E-state index < -0.39 is 18.0 Å². The standard InChI is InChI=1S/C31H36FN3O5/c1-17-7-11-23-25(34(17)31(38)39-3)12-13-26-28(23)33-30(35(26)21-6-4-5-19(15-21)18(2)36)29(37)24-16-20(32)8-14-27(24)40-22-9-10-22/h8,12-14,16-17,19,21-22,29,37H,4-7,9-11,15H2,1-3H3/t17-,19+,21+,29-/m0/s1. The van der Waals surface area contributed by atoms with Gasteiger partial charge in [0.25, 0.3) is 0 Å². The number of ether oxygens (including phenoxy) is 2. The number of carbonyl (C=O) groups excluding carboxylic acids is 2. The van der Waals surface area contributed by atoms with E-state index in [2.05, 4.69) is 4.57 Å². The summed E-state index contributed by atoms with van der Waals surface area (Å²) in [6.07, 6.45) is 4.94. The number of benzene rings is 2. The van der Waals surface area contributed by atoms with E-state index in [0.29, 0.717) is 35.5 Å². The largest absolute Gasteiger partial charge is 0.490 e. The van der Waals surface area contributed by atoms with Gasteiger partial charge in [-0.1, -0.05) is 6.42 Å². The van der Waals surface area contributed by atoms with Gasteiger partial charge in [-0.25, -0.2) is 14.2 Å². The molecule has 2 saturated carbocycles. The van der Waals surface area contributed by atoms with E-state index in [4.69, 9.17) is 14.5 Å². The summed E-state index contributed by atoms with van der Waals surface area (Å²) < 4.78 is 27.7. The molecule has 0 unspecified atom stereocenters. The number of anilines is 1. The smallest absolute Gasteiger partial charge is 0.414 e. The third-order valence-corrected chi connectivity index (χ3v) is 8.77. The molecule has 1 aliphatic heterocycles. The van der Waals surface area contributed by atoms with Gasteiger partial charge in [0.2, 0.25) is 0 Å². The highest BCUT2D eigenvalue weighted by Crippen LogP contribution is 2.43. The number of methoxy groups -OCH3 is 1. The molecule has 2 heterocycles. The van der Waals surface area contributed by atoms with E-state index in [9.17, 15) is 19.1 Å². The van der Waals surface area contributed by atoms with Gasteiger partial charge in [-0.3, -0.25) is 9.69 Å². The van der Waals surface area contributed by atoms with Crippen molar-refractivity contribution in [1.29, 1.82) is 0 Å². The topological polar surface area (TPSA) is 93.9 Å². The Kier molecular flexibility index (Phi) is 7.02. The van der Waals surface area contributed by atoms with Crippen LogP contribution in [0.15, 0.2) is 30.3 Å². The second kappa shape index (κ2) is 10.5. The SMILES string of the molecule is COC(=O)N1c2ccc3c(nc([C@@H](O)c4cc(F)ccc4OC4CC4)n3[C@@H]3CCC[C@@H](C(C)=O)C3)c2CC[C@@H]1C. The molecule has 1 N–H and O–H groups in total. The Morgan fingerprint density at radius 3 is 2.65 bits per heavy atom. The summed E-state index contributed by atoms with van der Waals surface area (Å²) in [7, 11) is 1.37. The van der Waals surface area contributed by atoms with E-state index in [1.807, 2.05) is 19.1 Å². The fourth-order valence-electron chi connectivity index (χ4n) is 6.48. The Labute approximate surface area is 233 Å². The molecule has 2 aliphatic carbocycles. The molecular formula is C31H36FN3O5. The van der Waals surface area contributed by atoms with Crippen LogP contribution >= 0.6 is 0 Å². The van der Waals surface area contributed by atoms with Gasteiger partial charge in [-0.15, -0.1) is 0 Å². The lowest BCUT2D eigenvalue weighted by Crippen LogP contribution is -2.42. The van der Waals surface area contributed by atoms with E-state index >= 15 is 0 Å². The van der Waals surface area contributed by atoms with Gasteiger partial charge in [-0.05, 0) is 89.1 Å². The number of halogens is 1. The average molecular weight is 550 g/mol. The molecule has 2 aromatic carbocycles. The Bertz CT molecular complexity index is 1460. The fraction of sp³-hybridized carbons (Fsp3) is 0.516. The van der Waals surface area contributed by atoms with Crippen molar-refractivity contribution in [2.24, 2.45) is 5.92 Å². The van der Waals surface area contributed by atoms with Crippen molar-refractivity contribution < 1.29 is 28.6 Å². The average Bonchev–Trinajstić information content (AvgIpc) is 3.69. The third-order valence-electron chi connectivity index (χ3n) is 8.77. The molecule has 1 aromatic heterocycles. The molecule has 3 aromatic rings. The number of rotatable bonds is 6. The quantitative estimate of drug-likeness (QED) is 0.404. The van der Waals surface area contributed by atoms with Crippen molar-refractivity contribution in [3.63, 3.8) is 0 Å². The lowest BCUT2D eigenvalue weighted by Gasteiger charge is -2.34. The van der Waals surface area contributed by atoms with Gasteiger partial charge in [0.1, 0.15) is 29.3 Å². The number of aliphatic hydroxyl groups is 1. The van der Waals surface area contributed by atoms with Crippen molar-refractivity contribution in [3.8, 4) is 5.75 Å². The first kappa shape index (κ1) is 26.7. The van der Waals surface area contributed by atoms with Crippen LogP contribution in [0.25, 0.3) is 11.0 Å². The molecule has 4 atom stereocenters. The number of ketones is 1. The maximum Gasteiger partial charge on any atom is 0.414 e. The van der Waals surface area contributed by atoms with Gasteiger partial charge in [0, 0.05) is 29.1 Å². The molecule has 0 radical (unpaired) electrons. The molecule has 9 heteroatoms. The second-order valence-corrected chi connectivity index (χ2v) is 11.5. The summed E-state index contributed by atoms with van der Waals surface area (Å²) in [6, 6.07) is 8.01. The lowest BCUT2D eigenvalue weighted by atomic mass is 9.83. The number of aromatic nitrogens is 2. The Morgan fingerprint density at radius 1 is 1.12 bits per heavy atom. The zero-order valence-electron chi connectivity index (χ0n) is 23.2. The van der Waals surface area contributed by atoms with Crippen LogP contribution < -0.4 is 9.64 Å². The molecule has 1 amide bonds. The predicted octanol–water partition coefficient (Wildman–Crippen LogP) is 6.03. The Balaban J connectivity index is 1.52. The maximum absolute atomic E-state index is 14.5. The number of amides is 1. The minimum absolute atomic E-state index is 0.0337. The highest BCUT2D eigenvalue weighted by Gasteiger charge is 2.36. The highest BCUT2D eigenvalue weighted by atomic mass is 19.1. The molecule has 0 saturated heterocycles. The summed E-state index contributed by atoms with van der Waals surface area (Å²) in [5, 5.41) is 11.9. The summed E-state index contributed by atoms with van der Waals surface area (Å²) in [6.45, 7) is 3.63. The second-order valence-electron chi connectivity index (χ2n) is 11.5. The first-order valence-corrected chi connectivity index (χ1v) is 14.3. The van der Waals surface area contributed by atoms with Crippen molar-refractivity contribution in [3.05, 3.63) is 53.1 Å². The first-order chi connectivity index (χ1) is 19.3. The fourth-order valence-corrected chi connectivity index (χ4v) is 6.48. The highest BCUT2D eigenvalue weighted by molar-refractivity contribution is 5.95. The molecule has 212 valence electrons. The number of hydrogen-bond donors (Lipinski definition) is 1. The van der Waals surface area contributed by atoms with Crippen LogP contribution in [0.5, 0.6) is 5.75 Å². The molecule has 0 bridgehead atoms. The van der Waals surface area contributed by atoms with E-state index in [0.717, 1.165) is 55.3 Å². The van der Waals surface area contributed by atoms with Gasteiger partial charge in [0.05, 0.1) is 29.9 Å². The predicted molar refractivity (Wildman–Crippen MR) is 148 cm³/mol. The number of hydrogen-bond acceptors (Lipinski definition) is 6. The summed E-state index contributed by atoms with van der Waals surface area (Å²) in [5.41, 5.74) is 3.54. The molecule has 2 fully saturated rings. The molecular weight excluding hydrogens is 513 g/mol. The van der Waals surface area contributed by atoms with Crippen LogP contribution in [0.3, 0.4) is 0 Å². The van der Waals surface area contributed by atoms with Crippen molar-refractivity contribution in [2.75, 3.05) is 12.0 Å². The van der Waals surface area contributed by atoms with Crippen molar-refractivity contribution in [2.45, 2.75) is 89.5 Å². The zero-order chi connectivity index (χ0) is 28.1. The maximum atomic E-state index is 14.5. The van der Waals surface area contributed by atoms with Gasteiger partial charge in [-0.2, -0.15) is 0 Å². The minimum atomic E-state index is -1.25. The van der Waals surface area contributed by atoms with Crippen molar-refractivity contribution >= 4 is 28.6 Å². The van der Waals surface area contributed by atoms with Gasteiger partial charge >= 0.3 is 6.09 Å². The van der Waals surface area contributed by atoms with Crippen LogP contribution in [0, 0.1) is 11.7 Å². The van der Waals surface area contributed by atoms with E-state index in [-0.39, 0.29) is 29.9 Å². The Morgan fingerprint density at radius 2 is 1.93 bits per heavy atom. The number of aryl methyl sites for hydroxylation is 1. The minimum Gasteiger partial charge on any atom is -0.490 e. The molecule has 0 spiro atoms. The lowest BCUT2D eigenvalue weighted by molar-refractivity contribution is -0.122. The van der Waals surface area contributed by atoms with Gasteiger partial charge < -0.3 is 19.1 Å². The number of Topliss-reactive ketones (excluding diaryl/α,β-unsaturated/α-hetero) is 1. The number of imidazole rings is 1. The third kappa shape index (κ3) is 4.74. The monoisotopic (exact) mass is 549 g/mol. The zero-order valence-corrected chi connectivity index (χ0v) is 23.2. The molecule has 40 heavy (non-hydrogen) atoms. The molecule has 6 rings (SSSR count). The van der Waals surface area contributed by atoms with Crippen LogP contribution in [-0.2, 0) is 16.0 Å². The summed E-state index contributed by atoms with van der Waals surface area (Å²) >= 11 is 0. The van der Waals surface area contributed by atoms with Crippen LogP contribution in [0.4, 0.5) is 14.9 Å². The summed E-state index contributed by atoms with van der Waals surface area (Å²) in [5.74, 6) is 0.494. The normalized spacial score (nSPS) is 23.5. The van der Waals surface area contributed by atoms with E-state index in [1.165, 1.54) is 19.2 Å². The first-order valence-electron chi connectivity index (χ1n) is 14.3. The van der Waals surface area contributed by atoms with E-state index in [1.54, 1.807) is 17.9 Å². The number of carbonyl (C=O) groups is 2. The summed E-state index contributed by atoms with van der Waals surface area (Å²) in [4.78, 5) is 31.8. The van der Waals surface area contributed by atoms with Gasteiger partial charge in [0.15, 0.2) is 0 Å². The van der Waals surface area contributed by atoms with Crippen LogP contribution in [-0.4, -0.2) is 45.8 Å². The van der Waals surface area contributed by atoms with Crippen LogP contribution in [0.1, 0.15) is 87.9 Å². The molecule has 3 aliphatic rings. The molecule has 8 nitrogen and oxygen atoms in total. The number of aliphatic hydroxyl groups excluding tert-OH is 1.